The van der Waals surface area contributed by atoms with Gasteiger partial charge in [-0.3, -0.25) is 0 Å². The highest BCUT2D eigenvalue weighted by atomic mass is 16.4. The molecule has 1 aliphatic carbocycles. The van der Waals surface area contributed by atoms with Crippen LogP contribution in [0.3, 0.4) is 0 Å². The van der Waals surface area contributed by atoms with Gasteiger partial charge in [-0.05, 0) is 56.4 Å². The van der Waals surface area contributed by atoms with Gasteiger partial charge in [-0.2, -0.15) is 0 Å². The number of hydrogen-bond acceptors (Lipinski definition) is 5. The van der Waals surface area contributed by atoms with Crippen molar-refractivity contribution in [2.75, 3.05) is 5.32 Å². The molecule has 0 bridgehead atoms. The first-order valence-corrected chi connectivity index (χ1v) is 7.11. The van der Waals surface area contributed by atoms with Crippen molar-refractivity contribution < 1.29 is 4.42 Å². The molecule has 5 heteroatoms. The lowest BCUT2D eigenvalue weighted by atomic mass is 9.91. The first kappa shape index (κ1) is 13.1. The average Bonchev–Trinajstić information content (AvgIpc) is 2.95. The van der Waals surface area contributed by atoms with Crippen LogP contribution in [0.4, 0.5) is 5.69 Å². The number of rotatable bonds is 3. The average molecular weight is 272 g/mol. The van der Waals surface area contributed by atoms with Crippen LogP contribution in [0.25, 0.3) is 11.5 Å². The summed E-state index contributed by atoms with van der Waals surface area (Å²) < 4.78 is 5.22. The molecule has 3 N–H and O–H groups in total. The van der Waals surface area contributed by atoms with Gasteiger partial charge in [-0.15, -0.1) is 10.2 Å². The van der Waals surface area contributed by atoms with E-state index in [0.717, 1.165) is 24.1 Å². The molecule has 1 aromatic heterocycles. The minimum absolute atomic E-state index is 0.333. The predicted molar refractivity (Wildman–Crippen MR) is 78.3 cm³/mol. The topological polar surface area (TPSA) is 77.0 Å². The number of nitrogens with one attached hydrogen (secondary N) is 1. The molecule has 0 amide bonds. The summed E-state index contributed by atoms with van der Waals surface area (Å²) in [5, 5.41) is 11.2. The van der Waals surface area contributed by atoms with Crippen molar-refractivity contribution in [1.29, 1.82) is 0 Å². The second-order valence-electron chi connectivity index (χ2n) is 5.54. The highest BCUT2D eigenvalue weighted by Gasteiger charge is 2.19. The number of benzene rings is 1. The highest BCUT2D eigenvalue weighted by molar-refractivity contribution is 5.62. The van der Waals surface area contributed by atoms with Crippen LogP contribution in [0.5, 0.6) is 0 Å². The van der Waals surface area contributed by atoms with Gasteiger partial charge < -0.3 is 15.5 Å². The molecular weight excluding hydrogens is 252 g/mol. The van der Waals surface area contributed by atoms with Crippen molar-refractivity contribution in [2.24, 2.45) is 5.73 Å². The molecule has 0 radical (unpaired) electrons. The maximum atomic E-state index is 6.04. The van der Waals surface area contributed by atoms with E-state index in [0.29, 0.717) is 18.0 Å². The Labute approximate surface area is 118 Å². The van der Waals surface area contributed by atoms with Gasteiger partial charge in [0.15, 0.2) is 0 Å². The van der Waals surface area contributed by atoms with Crippen LogP contribution in [0, 0.1) is 6.92 Å². The minimum atomic E-state index is 0.333. The van der Waals surface area contributed by atoms with Crippen LogP contribution in [-0.2, 0) is 0 Å². The molecule has 3 rings (SSSR count). The highest BCUT2D eigenvalue weighted by Crippen LogP contribution is 2.26. The van der Waals surface area contributed by atoms with E-state index in [9.17, 15) is 0 Å². The normalized spacial score (nSPS) is 22.7. The molecular formula is C15H20N4O. The Morgan fingerprint density at radius 1 is 1.35 bits per heavy atom. The summed E-state index contributed by atoms with van der Waals surface area (Å²) in [6.07, 6.45) is 5.94. The second-order valence-corrected chi connectivity index (χ2v) is 5.54. The Morgan fingerprint density at radius 2 is 2.25 bits per heavy atom. The smallest absolute Gasteiger partial charge is 0.247 e. The number of nitrogens with zero attached hydrogens (tertiary/aromatic N) is 2. The predicted octanol–water partition coefficient (Wildman–Crippen LogP) is 2.73. The number of aryl methyl sites for hydroxylation is 1. The second kappa shape index (κ2) is 5.63. The van der Waals surface area contributed by atoms with E-state index in [4.69, 9.17) is 10.2 Å². The molecule has 2 unspecified atom stereocenters. The van der Waals surface area contributed by atoms with Gasteiger partial charge in [0.05, 0.1) is 0 Å². The van der Waals surface area contributed by atoms with Crippen LogP contribution in [0.15, 0.2) is 29.0 Å². The third kappa shape index (κ3) is 2.82. The molecule has 0 aliphatic heterocycles. The van der Waals surface area contributed by atoms with E-state index in [1.165, 1.54) is 24.8 Å². The Kier molecular flexibility index (Phi) is 3.69. The summed E-state index contributed by atoms with van der Waals surface area (Å²) in [6, 6.07) is 6.96. The molecule has 1 heterocycles. The van der Waals surface area contributed by atoms with E-state index >= 15 is 0 Å². The van der Waals surface area contributed by atoms with Crippen molar-refractivity contribution in [3.05, 3.63) is 30.2 Å². The van der Waals surface area contributed by atoms with E-state index in [2.05, 4.69) is 34.6 Å². The Balaban J connectivity index is 1.74. The van der Waals surface area contributed by atoms with Gasteiger partial charge in [0.25, 0.3) is 0 Å². The lowest BCUT2D eigenvalue weighted by molar-refractivity contribution is 0.409. The molecule has 1 saturated carbocycles. The Morgan fingerprint density at radius 3 is 2.95 bits per heavy atom. The summed E-state index contributed by atoms with van der Waals surface area (Å²) in [6.45, 7) is 2.09. The fourth-order valence-electron chi connectivity index (χ4n) is 2.84. The van der Waals surface area contributed by atoms with E-state index in [1.54, 1.807) is 0 Å². The van der Waals surface area contributed by atoms with Gasteiger partial charge in [0.1, 0.15) is 0 Å². The molecule has 1 aromatic carbocycles. The first-order chi connectivity index (χ1) is 9.72. The summed E-state index contributed by atoms with van der Waals surface area (Å²) in [7, 11) is 0. The minimum Gasteiger partial charge on any atom is -0.423 e. The van der Waals surface area contributed by atoms with Gasteiger partial charge in [0, 0.05) is 23.3 Å². The maximum absolute atomic E-state index is 6.04. The number of hydrogen-bond donors (Lipinski definition) is 2. The largest absolute Gasteiger partial charge is 0.423 e. The fourth-order valence-corrected chi connectivity index (χ4v) is 2.84. The van der Waals surface area contributed by atoms with Crippen LogP contribution in [0.2, 0.25) is 0 Å². The number of anilines is 1. The van der Waals surface area contributed by atoms with Gasteiger partial charge in [0.2, 0.25) is 12.3 Å². The molecule has 2 aromatic rings. The van der Waals surface area contributed by atoms with Crippen LogP contribution >= 0.6 is 0 Å². The van der Waals surface area contributed by atoms with Crippen molar-refractivity contribution in [3.63, 3.8) is 0 Å². The molecule has 2 atom stereocenters. The molecule has 5 nitrogen and oxygen atoms in total. The quantitative estimate of drug-likeness (QED) is 0.898. The summed E-state index contributed by atoms with van der Waals surface area (Å²) in [5.41, 5.74) is 9.33. The third-order valence-corrected chi connectivity index (χ3v) is 3.91. The SMILES string of the molecule is Cc1cc(-c2nnco2)ccc1NC1CCCC(N)C1. The van der Waals surface area contributed by atoms with E-state index in [-0.39, 0.29) is 0 Å². The van der Waals surface area contributed by atoms with E-state index < -0.39 is 0 Å². The fraction of sp³-hybridized carbons (Fsp3) is 0.467. The summed E-state index contributed by atoms with van der Waals surface area (Å²) in [4.78, 5) is 0. The zero-order valence-corrected chi connectivity index (χ0v) is 11.7. The molecule has 1 fully saturated rings. The molecule has 20 heavy (non-hydrogen) atoms. The van der Waals surface area contributed by atoms with Crippen LogP contribution < -0.4 is 11.1 Å². The molecule has 106 valence electrons. The summed E-state index contributed by atoms with van der Waals surface area (Å²) >= 11 is 0. The van der Waals surface area contributed by atoms with Crippen molar-refractivity contribution in [2.45, 2.75) is 44.7 Å². The van der Waals surface area contributed by atoms with Crippen LogP contribution in [-0.4, -0.2) is 22.3 Å². The number of aromatic nitrogens is 2. The monoisotopic (exact) mass is 272 g/mol. The summed E-state index contributed by atoms with van der Waals surface area (Å²) in [5.74, 6) is 0.555. The van der Waals surface area contributed by atoms with Gasteiger partial charge in [-0.25, -0.2) is 0 Å². The van der Waals surface area contributed by atoms with Gasteiger partial charge >= 0.3 is 0 Å². The van der Waals surface area contributed by atoms with Crippen molar-refractivity contribution in [3.8, 4) is 11.5 Å². The first-order valence-electron chi connectivity index (χ1n) is 7.11. The lowest BCUT2D eigenvalue weighted by Crippen LogP contribution is -2.35. The lowest BCUT2D eigenvalue weighted by Gasteiger charge is -2.28. The van der Waals surface area contributed by atoms with Crippen molar-refractivity contribution in [1.82, 2.24) is 10.2 Å². The zero-order valence-electron chi connectivity index (χ0n) is 11.7. The van der Waals surface area contributed by atoms with Gasteiger partial charge in [-0.1, -0.05) is 0 Å². The zero-order chi connectivity index (χ0) is 13.9. The number of nitrogens with two attached hydrogens (primary N) is 1. The third-order valence-electron chi connectivity index (χ3n) is 3.91. The van der Waals surface area contributed by atoms with Crippen LogP contribution in [0.1, 0.15) is 31.2 Å². The Bertz CT molecular complexity index is 567. The maximum Gasteiger partial charge on any atom is 0.247 e. The molecule has 0 spiro atoms. The molecule has 0 saturated heterocycles. The molecule has 1 aliphatic rings. The standard InChI is InChI=1S/C15H20N4O/c1-10-7-11(15-19-17-9-20-15)5-6-14(10)18-13-4-2-3-12(16)8-13/h5-7,9,12-13,18H,2-4,8,16H2,1H3. The van der Waals surface area contributed by atoms with E-state index in [1.807, 2.05) is 6.07 Å². The van der Waals surface area contributed by atoms with Crippen molar-refractivity contribution >= 4 is 5.69 Å². The Hall–Kier alpha value is -1.88.